The van der Waals surface area contributed by atoms with Crippen molar-refractivity contribution < 1.29 is 18.0 Å². The van der Waals surface area contributed by atoms with Crippen LogP contribution >= 0.6 is 0 Å². The van der Waals surface area contributed by atoms with Crippen LogP contribution in [-0.4, -0.2) is 49.3 Å². The number of aryl methyl sites for hydroxylation is 1. The van der Waals surface area contributed by atoms with Crippen LogP contribution in [0.5, 0.6) is 0 Å². The van der Waals surface area contributed by atoms with E-state index in [1.807, 2.05) is 0 Å². The summed E-state index contributed by atoms with van der Waals surface area (Å²) in [6.45, 7) is 3.39. The molecule has 4 rings (SSSR count). The Balaban J connectivity index is 1.67. The van der Waals surface area contributed by atoms with Gasteiger partial charge in [-0.05, 0) is 44.9 Å². The van der Waals surface area contributed by atoms with E-state index in [1.165, 1.54) is 10.9 Å². The number of likely N-dealkylation sites (tertiary alicyclic amines) is 1. The minimum Gasteiger partial charge on any atom is -0.326 e. The molecule has 156 valence electrons. The first kappa shape index (κ1) is 19.7. The van der Waals surface area contributed by atoms with Crippen molar-refractivity contribution in [3.63, 3.8) is 0 Å². The molecule has 0 radical (unpaired) electrons. The van der Waals surface area contributed by atoms with Crippen molar-refractivity contribution in [1.82, 2.24) is 24.6 Å². The van der Waals surface area contributed by atoms with E-state index in [-0.39, 0.29) is 36.0 Å². The van der Waals surface area contributed by atoms with Crippen molar-refractivity contribution in [3.05, 3.63) is 39.1 Å². The lowest BCUT2D eigenvalue weighted by atomic mass is 9.91. The number of rotatable bonds is 2. The Morgan fingerprint density at radius 1 is 1.31 bits per heavy atom. The molecular formula is C19H22F3N5O2. The second-order valence-electron chi connectivity index (χ2n) is 7.91. The van der Waals surface area contributed by atoms with Crippen LogP contribution in [0.15, 0.2) is 11.0 Å². The van der Waals surface area contributed by atoms with Gasteiger partial charge in [0, 0.05) is 12.1 Å². The fourth-order valence-electron chi connectivity index (χ4n) is 4.21. The molecule has 2 aromatic heterocycles. The van der Waals surface area contributed by atoms with Gasteiger partial charge in [0.2, 0.25) is 5.95 Å². The molecule has 29 heavy (non-hydrogen) atoms. The number of hydrogen-bond acceptors (Lipinski definition) is 4. The largest absolute Gasteiger partial charge is 0.408 e. The molecule has 1 aliphatic heterocycles. The van der Waals surface area contributed by atoms with E-state index in [1.54, 1.807) is 13.8 Å². The number of H-pyrrole nitrogens is 1. The first-order chi connectivity index (χ1) is 13.7. The van der Waals surface area contributed by atoms with Crippen molar-refractivity contribution in [2.24, 2.45) is 5.92 Å². The monoisotopic (exact) mass is 409 g/mol. The maximum atomic E-state index is 13.5. The zero-order valence-corrected chi connectivity index (χ0v) is 16.2. The van der Waals surface area contributed by atoms with Crippen LogP contribution in [0.2, 0.25) is 0 Å². The molecule has 3 heterocycles. The lowest BCUT2D eigenvalue weighted by Crippen LogP contribution is -2.53. The number of amides is 1. The SMILES string of the molecule is Cc1c(C(=O)N2CCC(C)CC2C(F)(F)F)cnn1-c1nc2c(c(=O)[nH]1)CCC2. The molecule has 2 atom stereocenters. The Labute approximate surface area is 164 Å². The summed E-state index contributed by atoms with van der Waals surface area (Å²) in [5.41, 5.74) is 1.54. The van der Waals surface area contributed by atoms with Gasteiger partial charge in [-0.3, -0.25) is 14.6 Å². The number of halogens is 3. The van der Waals surface area contributed by atoms with Gasteiger partial charge in [-0.15, -0.1) is 0 Å². The second kappa shape index (κ2) is 7.00. The molecule has 2 aromatic rings. The zero-order valence-electron chi connectivity index (χ0n) is 16.2. The van der Waals surface area contributed by atoms with Crippen LogP contribution in [0.4, 0.5) is 13.2 Å². The molecule has 7 nitrogen and oxygen atoms in total. The van der Waals surface area contributed by atoms with E-state index < -0.39 is 18.1 Å². The van der Waals surface area contributed by atoms with Crippen molar-refractivity contribution in [2.75, 3.05) is 6.54 Å². The van der Waals surface area contributed by atoms with Crippen molar-refractivity contribution in [3.8, 4) is 5.95 Å². The van der Waals surface area contributed by atoms with Crippen LogP contribution < -0.4 is 5.56 Å². The minimum atomic E-state index is -4.49. The summed E-state index contributed by atoms with van der Waals surface area (Å²) in [5, 5.41) is 4.13. The number of aromatic nitrogens is 4. The van der Waals surface area contributed by atoms with Gasteiger partial charge in [0.1, 0.15) is 6.04 Å². The summed E-state index contributed by atoms with van der Waals surface area (Å²) in [6, 6.07) is -1.81. The third-order valence-electron chi connectivity index (χ3n) is 5.87. The van der Waals surface area contributed by atoms with E-state index in [9.17, 15) is 22.8 Å². The first-order valence-electron chi connectivity index (χ1n) is 9.71. The maximum Gasteiger partial charge on any atom is 0.408 e. The molecule has 1 saturated heterocycles. The third-order valence-corrected chi connectivity index (χ3v) is 5.87. The molecular weight excluding hydrogens is 387 g/mol. The highest BCUT2D eigenvalue weighted by Crippen LogP contribution is 2.35. The predicted octanol–water partition coefficient (Wildman–Crippen LogP) is 2.56. The van der Waals surface area contributed by atoms with E-state index in [2.05, 4.69) is 15.1 Å². The summed E-state index contributed by atoms with van der Waals surface area (Å²) < 4.78 is 41.9. The molecule has 1 aliphatic carbocycles. The summed E-state index contributed by atoms with van der Waals surface area (Å²) >= 11 is 0. The molecule has 2 unspecified atom stereocenters. The predicted molar refractivity (Wildman–Crippen MR) is 98.0 cm³/mol. The van der Waals surface area contributed by atoms with Crippen molar-refractivity contribution >= 4 is 5.91 Å². The van der Waals surface area contributed by atoms with E-state index >= 15 is 0 Å². The maximum absolute atomic E-state index is 13.5. The molecule has 0 aromatic carbocycles. The number of carbonyl (C=O) groups excluding carboxylic acids is 1. The Kier molecular flexibility index (Phi) is 4.74. The molecule has 1 N–H and O–H groups in total. The smallest absolute Gasteiger partial charge is 0.326 e. The highest BCUT2D eigenvalue weighted by molar-refractivity contribution is 5.95. The van der Waals surface area contributed by atoms with Crippen LogP contribution in [0.1, 0.15) is 53.5 Å². The number of fused-ring (bicyclic) bond motifs is 1. The molecule has 10 heteroatoms. The lowest BCUT2D eigenvalue weighted by molar-refractivity contribution is -0.186. The van der Waals surface area contributed by atoms with Crippen molar-refractivity contribution in [1.29, 1.82) is 0 Å². The summed E-state index contributed by atoms with van der Waals surface area (Å²) in [7, 11) is 0. The number of aromatic amines is 1. The Morgan fingerprint density at radius 3 is 2.79 bits per heavy atom. The van der Waals surface area contributed by atoms with E-state index in [0.717, 1.165) is 11.3 Å². The number of nitrogens with one attached hydrogen (secondary N) is 1. The Morgan fingerprint density at radius 2 is 2.07 bits per heavy atom. The van der Waals surface area contributed by atoms with Gasteiger partial charge in [-0.2, -0.15) is 18.3 Å². The van der Waals surface area contributed by atoms with Gasteiger partial charge in [0.05, 0.1) is 23.1 Å². The van der Waals surface area contributed by atoms with Gasteiger partial charge in [-0.25, -0.2) is 9.67 Å². The van der Waals surface area contributed by atoms with Gasteiger partial charge in [0.15, 0.2) is 0 Å². The summed E-state index contributed by atoms with van der Waals surface area (Å²) in [6.07, 6.45) is -0.614. The van der Waals surface area contributed by atoms with Gasteiger partial charge < -0.3 is 4.90 Å². The molecule has 0 saturated carbocycles. The van der Waals surface area contributed by atoms with Gasteiger partial charge in [0.25, 0.3) is 11.5 Å². The van der Waals surface area contributed by atoms with Crippen LogP contribution in [-0.2, 0) is 12.8 Å². The topological polar surface area (TPSA) is 83.9 Å². The number of hydrogen-bond donors (Lipinski definition) is 1. The Bertz CT molecular complexity index is 1010. The fraction of sp³-hybridized carbons (Fsp3) is 0.579. The normalized spacial score (nSPS) is 22.0. The summed E-state index contributed by atoms with van der Waals surface area (Å²) in [4.78, 5) is 33.2. The lowest BCUT2D eigenvalue weighted by Gasteiger charge is -2.39. The molecule has 2 aliphatic rings. The quantitative estimate of drug-likeness (QED) is 0.826. The van der Waals surface area contributed by atoms with Gasteiger partial charge >= 0.3 is 6.18 Å². The number of carbonyl (C=O) groups is 1. The highest BCUT2D eigenvalue weighted by Gasteiger charge is 2.48. The Hall–Kier alpha value is -2.65. The van der Waals surface area contributed by atoms with Gasteiger partial charge in [-0.1, -0.05) is 6.92 Å². The number of piperidine rings is 1. The number of nitrogens with zero attached hydrogens (tertiary/aromatic N) is 4. The zero-order chi connectivity index (χ0) is 20.9. The fourth-order valence-corrected chi connectivity index (χ4v) is 4.21. The molecule has 0 bridgehead atoms. The average Bonchev–Trinajstić information content (AvgIpc) is 3.27. The average molecular weight is 409 g/mol. The molecule has 1 amide bonds. The van der Waals surface area contributed by atoms with Crippen LogP contribution in [0.3, 0.4) is 0 Å². The minimum absolute atomic E-state index is 0.0444. The van der Waals surface area contributed by atoms with E-state index in [0.29, 0.717) is 36.2 Å². The highest BCUT2D eigenvalue weighted by atomic mass is 19.4. The number of alkyl halides is 3. The standard InChI is InChI=1S/C19H22F3N5O2/c1-10-6-7-26(15(8-10)19(20,21)22)17(29)13-9-23-27(11(13)2)18-24-14-5-3-4-12(14)16(28)25-18/h9-10,15H,3-8H2,1-2H3,(H,24,25,28). The molecule has 1 fully saturated rings. The van der Waals surface area contributed by atoms with Crippen molar-refractivity contribution in [2.45, 2.75) is 58.2 Å². The first-order valence-corrected chi connectivity index (χ1v) is 9.71. The van der Waals surface area contributed by atoms with E-state index in [4.69, 9.17) is 0 Å². The third kappa shape index (κ3) is 3.44. The van der Waals surface area contributed by atoms with Crippen LogP contribution in [0.25, 0.3) is 5.95 Å². The second-order valence-corrected chi connectivity index (χ2v) is 7.91. The van der Waals surface area contributed by atoms with Crippen LogP contribution in [0, 0.1) is 12.8 Å². The molecule has 0 spiro atoms. The summed E-state index contributed by atoms with van der Waals surface area (Å²) in [5.74, 6) is -0.631.